The summed E-state index contributed by atoms with van der Waals surface area (Å²) in [5, 5.41) is 0.954. The molecule has 0 amide bonds. The van der Waals surface area contributed by atoms with Crippen molar-refractivity contribution < 1.29 is 9.21 Å². The van der Waals surface area contributed by atoms with Gasteiger partial charge in [-0.05, 0) is 24.1 Å². The number of carbonyl (C=O) groups is 1. The lowest BCUT2D eigenvalue weighted by molar-refractivity contribution is 0.101. The number of aromatic amines is 1. The fourth-order valence-corrected chi connectivity index (χ4v) is 2.24. The van der Waals surface area contributed by atoms with E-state index in [4.69, 9.17) is 4.42 Å². The fourth-order valence-electron chi connectivity index (χ4n) is 2.24. The molecule has 3 heteroatoms. The highest BCUT2D eigenvalue weighted by Gasteiger charge is 2.16. The van der Waals surface area contributed by atoms with Crippen molar-refractivity contribution in [2.75, 3.05) is 0 Å². The van der Waals surface area contributed by atoms with Gasteiger partial charge in [0.05, 0.1) is 11.8 Å². The van der Waals surface area contributed by atoms with E-state index in [0.29, 0.717) is 11.3 Å². The number of aryl methyl sites for hydroxylation is 1. The SMILES string of the molecule is CCc1cccc2c(C(=O)c3ccco3)c[nH]c12. The van der Waals surface area contributed by atoms with Crippen molar-refractivity contribution in [2.24, 2.45) is 0 Å². The van der Waals surface area contributed by atoms with Gasteiger partial charge >= 0.3 is 0 Å². The maximum atomic E-state index is 12.3. The van der Waals surface area contributed by atoms with Crippen LogP contribution in [0.5, 0.6) is 0 Å². The lowest BCUT2D eigenvalue weighted by Gasteiger charge is -1.99. The first-order valence-electron chi connectivity index (χ1n) is 5.98. The topological polar surface area (TPSA) is 46.0 Å². The molecule has 2 aromatic heterocycles. The third kappa shape index (κ3) is 1.56. The lowest BCUT2D eigenvalue weighted by Crippen LogP contribution is -1.98. The number of rotatable bonds is 3. The fraction of sp³-hybridized carbons (Fsp3) is 0.133. The van der Waals surface area contributed by atoms with Crippen molar-refractivity contribution in [1.29, 1.82) is 0 Å². The van der Waals surface area contributed by atoms with Crippen LogP contribution in [-0.2, 0) is 6.42 Å². The van der Waals surface area contributed by atoms with E-state index in [0.717, 1.165) is 17.3 Å². The number of aromatic nitrogens is 1. The Balaban J connectivity index is 2.17. The Labute approximate surface area is 104 Å². The molecular weight excluding hydrogens is 226 g/mol. The highest BCUT2D eigenvalue weighted by molar-refractivity contribution is 6.15. The number of ketones is 1. The van der Waals surface area contributed by atoms with Gasteiger partial charge in [-0.1, -0.05) is 25.1 Å². The number of fused-ring (bicyclic) bond motifs is 1. The number of hydrogen-bond acceptors (Lipinski definition) is 2. The molecule has 1 N–H and O–H groups in total. The molecule has 0 aliphatic rings. The van der Waals surface area contributed by atoms with Crippen LogP contribution in [0.25, 0.3) is 10.9 Å². The smallest absolute Gasteiger partial charge is 0.230 e. The monoisotopic (exact) mass is 239 g/mol. The van der Waals surface area contributed by atoms with Gasteiger partial charge in [0.15, 0.2) is 5.76 Å². The summed E-state index contributed by atoms with van der Waals surface area (Å²) >= 11 is 0. The summed E-state index contributed by atoms with van der Waals surface area (Å²) in [5.41, 5.74) is 2.91. The molecule has 3 rings (SSSR count). The Morgan fingerprint density at radius 2 is 2.17 bits per heavy atom. The maximum absolute atomic E-state index is 12.3. The zero-order valence-corrected chi connectivity index (χ0v) is 10.1. The highest BCUT2D eigenvalue weighted by Crippen LogP contribution is 2.24. The van der Waals surface area contributed by atoms with Gasteiger partial charge in [0.2, 0.25) is 5.78 Å². The second kappa shape index (κ2) is 4.18. The summed E-state index contributed by atoms with van der Waals surface area (Å²) < 4.78 is 5.16. The van der Waals surface area contributed by atoms with Crippen molar-refractivity contribution in [2.45, 2.75) is 13.3 Å². The van der Waals surface area contributed by atoms with E-state index in [1.54, 1.807) is 18.3 Å². The molecule has 0 aliphatic heterocycles. The van der Waals surface area contributed by atoms with Crippen molar-refractivity contribution >= 4 is 16.7 Å². The van der Waals surface area contributed by atoms with E-state index in [2.05, 4.69) is 18.0 Å². The summed E-state index contributed by atoms with van der Waals surface area (Å²) in [6, 6.07) is 9.42. The molecular formula is C15H13NO2. The number of benzene rings is 1. The Morgan fingerprint density at radius 3 is 2.89 bits per heavy atom. The lowest BCUT2D eigenvalue weighted by atomic mass is 10.0. The van der Waals surface area contributed by atoms with Gasteiger partial charge in [-0.25, -0.2) is 0 Å². The third-order valence-electron chi connectivity index (χ3n) is 3.17. The van der Waals surface area contributed by atoms with Crippen molar-refractivity contribution in [3.63, 3.8) is 0 Å². The molecule has 18 heavy (non-hydrogen) atoms. The van der Waals surface area contributed by atoms with E-state index >= 15 is 0 Å². The van der Waals surface area contributed by atoms with E-state index < -0.39 is 0 Å². The average Bonchev–Trinajstić information content (AvgIpc) is 3.06. The van der Waals surface area contributed by atoms with Crippen LogP contribution in [0.3, 0.4) is 0 Å². The molecule has 0 unspecified atom stereocenters. The third-order valence-corrected chi connectivity index (χ3v) is 3.17. The summed E-state index contributed by atoms with van der Waals surface area (Å²) in [6.45, 7) is 2.10. The average molecular weight is 239 g/mol. The zero-order chi connectivity index (χ0) is 12.5. The molecule has 0 saturated carbocycles. The number of para-hydroxylation sites is 1. The van der Waals surface area contributed by atoms with Crippen LogP contribution >= 0.6 is 0 Å². The minimum atomic E-state index is -0.0838. The van der Waals surface area contributed by atoms with E-state index in [1.165, 1.54) is 11.8 Å². The molecule has 2 heterocycles. The van der Waals surface area contributed by atoms with Crippen LogP contribution in [0, 0.1) is 0 Å². The van der Waals surface area contributed by atoms with Crippen LogP contribution in [-0.4, -0.2) is 10.8 Å². The van der Waals surface area contributed by atoms with Gasteiger partial charge < -0.3 is 9.40 Å². The van der Waals surface area contributed by atoms with Gasteiger partial charge in [0.1, 0.15) is 0 Å². The summed E-state index contributed by atoms with van der Waals surface area (Å²) in [7, 11) is 0. The number of furan rings is 1. The van der Waals surface area contributed by atoms with Gasteiger partial charge in [-0.2, -0.15) is 0 Å². The number of H-pyrrole nitrogens is 1. The molecule has 3 aromatic rings. The van der Waals surface area contributed by atoms with Crippen molar-refractivity contribution in [3.8, 4) is 0 Å². The van der Waals surface area contributed by atoms with Crippen molar-refractivity contribution in [3.05, 3.63) is 59.7 Å². The Kier molecular flexibility index (Phi) is 2.52. The van der Waals surface area contributed by atoms with Gasteiger partial charge in [-0.15, -0.1) is 0 Å². The molecule has 0 saturated heterocycles. The molecule has 0 aliphatic carbocycles. The minimum absolute atomic E-state index is 0.0838. The maximum Gasteiger partial charge on any atom is 0.230 e. The van der Waals surface area contributed by atoms with Crippen LogP contribution in [0.1, 0.15) is 28.6 Å². The predicted octanol–water partition coefficient (Wildman–Crippen LogP) is 3.55. The number of nitrogens with one attached hydrogen (secondary N) is 1. The molecule has 0 radical (unpaired) electrons. The quantitative estimate of drug-likeness (QED) is 0.710. The first-order valence-corrected chi connectivity index (χ1v) is 5.98. The van der Waals surface area contributed by atoms with Crippen LogP contribution in [0.2, 0.25) is 0 Å². The first-order chi connectivity index (χ1) is 8.81. The second-order valence-corrected chi connectivity index (χ2v) is 4.20. The van der Waals surface area contributed by atoms with E-state index in [-0.39, 0.29) is 5.78 Å². The molecule has 0 fully saturated rings. The number of hydrogen-bond donors (Lipinski definition) is 1. The van der Waals surface area contributed by atoms with Gasteiger partial charge in [0.25, 0.3) is 0 Å². The molecule has 90 valence electrons. The largest absolute Gasteiger partial charge is 0.461 e. The Morgan fingerprint density at radius 1 is 1.28 bits per heavy atom. The summed E-state index contributed by atoms with van der Waals surface area (Å²) in [6.07, 6.45) is 4.21. The van der Waals surface area contributed by atoms with E-state index in [1.807, 2.05) is 12.1 Å². The molecule has 0 spiro atoms. The minimum Gasteiger partial charge on any atom is -0.461 e. The van der Waals surface area contributed by atoms with Crippen molar-refractivity contribution in [1.82, 2.24) is 4.98 Å². The van der Waals surface area contributed by atoms with E-state index in [9.17, 15) is 4.79 Å². The highest BCUT2D eigenvalue weighted by atomic mass is 16.3. The van der Waals surface area contributed by atoms with Gasteiger partial charge in [-0.3, -0.25) is 4.79 Å². The van der Waals surface area contributed by atoms with Crippen LogP contribution in [0.15, 0.2) is 47.2 Å². The molecule has 0 bridgehead atoms. The normalized spacial score (nSPS) is 10.9. The molecule has 3 nitrogen and oxygen atoms in total. The first kappa shape index (κ1) is 10.8. The summed E-state index contributed by atoms with van der Waals surface area (Å²) in [5.74, 6) is 0.289. The Hall–Kier alpha value is -2.29. The standard InChI is InChI=1S/C15H13NO2/c1-2-10-5-3-6-11-12(9-16-14(10)11)15(17)13-7-4-8-18-13/h3-9,16H,2H2,1H3. The molecule has 1 aromatic carbocycles. The van der Waals surface area contributed by atoms with Crippen LogP contribution in [0.4, 0.5) is 0 Å². The number of carbonyl (C=O) groups excluding carboxylic acids is 1. The second-order valence-electron chi connectivity index (χ2n) is 4.20. The van der Waals surface area contributed by atoms with Gasteiger partial charge in [0, 0.05) is 17.1 Å². The molecule has 0 atom stereocenters. The Bertz CT molecular complexity index is 692. The summed E-state index contributed by atoms with van der Waals surface area (Å²) in [4.78, 5) is 15.5. The predicted molar refractivity (Wildman–Crippen MR) is 69.8 cm³/mol. The zero-order valence-electron chi connectivity index (χ0n) is 10.1. The van der Waals surface area contributed by atoms with Crippen LogP contribution < -0.4 is 0 Å².